The van der Waals surface area contributed by atoms with Gasteiger partial charge in [0.25, 0.3) is 0 Å². The fourth-order valence-corrected chi connectivity index (χ4v) is 5.21. The molecule has 2 unspecified atom stereocenters. The van der Waals surface area contributed by atoms with Gasteiger partial charge in [-0.3, -0.25) is 0 Å². The first-order chi connectivity index (χ1) is 17.6. The van der Waals surface area contributed by atoms with E-state index in [1.807, 2.05) is 48.6 Å². The number of benzene rings is 3. The van der Waals surface area contributed by atoms with Crippen LogP contribution in [0.1, 0.15) is 37.1 Å². The number of nitrogens with two attached hydrogens (primary N) is 2. The lowest BCUT2D eigenvalue weighted by Crippen LogP contribution is -2.26. The first-order valence-corrected chi connectivity index (χ1v) is 13.0. The van der Waals surface area contributed by atoms with Crippen LogP contribution in [-0.2, 0) is 0 Å². The molecule has 0 amide bonds. The number of nitrogens with one attached hydrogen (secondary N) is 1. The highest BCUT2D eigenvalue weighted by atomic mass is 35.5. The molecule has 2 atom stereocenters. The van der Waals surface area contributed by atoms with Crippen LogP contribution in [0.4, 0.5) is 11.5 Å². The highest BCUT2D eigenvalue weighted by Gasteiger charge is 2.21. The van der Waals surface area contributed by atoms with Crippen molar-refractivity contribution in [2.24, 2.45) is 17.6 Å². The maximum absolute atomic E-state index is 6.28. The van der Waals surface area contributed by atoms with Gasteiger partial charge in [0.05, 0.1) is 5.52 Å². The monoisotopic (exact) mass is 497 g/mol. The van der Waals surface area contributed by atoms with Crippen LogP contribution in [0.15, 0.2) is 66.7 Å². The quantitative estimate of drug-likeness (QED) is 0.242. The predicted octanol–water partition coefficient (Wildman–Crippen LogP) is 6.88. The third-order valence-corrected chi connectivity index (χ3v) is 7.25. The van der Waals surface area contributed by atoms with Gasteiger partial charge in [-0.05, 0) is 90.7 Å². The van der Waals surface area contributed by atoms with Crippen molar-refractivity contribution < 1.29 is 0 Å². The predicted molar refractivity (Wildman–Crippen MR) is 153 cm³/mol. The summed E-state index contributed by atoms with van der Waals surface area (Å²) in [5, 5.41) is 5.26. The average molecular weight is 498 g/mol. The van der Waals surface area contributed by atoms with Crippen molar-refractivity contribution in [3.8, 4) is 11.1 Å². The maximum atomic E-state index is 6.28. The fraction of sp³-hybridized carbons (Fsp3) is 0.267. The molecule has 1 aliphatic rings. The van der Waals surface area contributed by atoms with E-state index < -0.39 is 0 Å². The minimum absolute atomic E-state index is 0.613. The van der Waals surface area contributed by atoms with Gasteiger partial charge < -0.3 is 16.8 Å². The number of hydrogen-bond donors (Lipinski definition) is 3. The van der Waals surface area contributed by atoms with Crippen molar-refractivity contribution in [2.45, 2.75) is 25.7 Å². The van der Waals surface area contributed by atoms with Crippen LogP contribution in [0.25, 0.3) is 34.2 Å². The second-order valence-corrected chi connectivity index (χ2v) is 10.1. The molecule has 0 saturated heterocycles. The van der Waals surface area contributed by atoms with Crippen LogP contribution in [0.2, 0.25) is 5.02 Å². The van der Waals surface area contributed by atoms with Gasteiger partial charge in [0, 0.05) is 22.6 Å². The fourth-order valence-electron chi connectivity index (χ4n) is 5.05. The van der Waals surface area contributed by atoms with Crippen molar-refractivity contribution >= 4 is 46.2 Å². The van der Waals surface area contributed by atoms with Gasteiger partial charge >= 0.3 is 0 Å². The van der Waals surface area contributed by atoms with Gasteiger partial charge in [-0.1, -0.05) is 60.5 Å². The Morgan fingerprint density at radius 3 is 2.56 bits per heavy atom. The third kappa shape index (κ3) is 5.86. The number of nitrogens with zero attached hydrogens (tertiary/aromatic N) is 2. The summed E-state index contributed by atoms with van der Waals surface area (Å²) in [6.07, 6.45) is 8.89. The van der Waals surface area contributed by atoms with Crippen molar-refractivity contribution in [2.75, 3.05) is 24.1 Å². The third-order valence-electron chi connectivity index (χ3n) is 7.01. The van der Waals surface area contributed by atoms with Crippen molar-refractivity contribution in [3.63, 3.8) is 0 Å². The molecular weight excluding hydrogens is 466 g/mol. The van der Waals surface area contributed by atoms with Crippen molar-refractivity contribution in [3.05, 3.63) is 83.1 Å². The Balaban J connectivity index is 1.36. The van der Waals surface area contributed by atoms with Gasteiger partial charge in [0.15, 0.2) is 5.82 Å². The highest BCUT2D eigenvalue weighted by Crippen LogP contribution is 2.30. The molecule has 1 saturated carbocycles. The molecule has 36 heavy (non-hydrogen) atoms. The number of nitrogen functional groups attached to an aromatic ring is 1. The molecule has 0 bridgehead atoms. The molecule has 5 rings (SSSR count). The van der Waals surface area contributed by atoms with Crippen LogP contribution >= 0.6 is 11.6 Å². The Morgan fingerprint density at radius 1 is 0.917 bits per heavy atom. The summed E-state index contributed by atoms with van der Waals surface area (Å²) in [7, 11) is 0. The summed E-state index contributed by atoms with van der Waals surface area (Å²) in [5.74, 6) is 2.75. The minimum Gasteiger partial charge on any atom is -0.399 e. The SMILES string of the molecule is NCC1CCCC(CNc2nc(C=Cc3ccc(-c4cccc(N)c4)cc3)nc3cc(Cl)ccc23)C1. The van der Waals surface area contributed by atoms with Crippen LogP contribution in [0, 0.1) is 11.8 Å². The molecule has 1 fully saturated rings. The molecule has 5 N–H and O–H groups in total. The lowest BCUT2D eigenvalue weighted by molar-refractivity contribution is 0.281. The summed E-state index contributed by atoms with van der Waals surface area (Å²) in [6, 6.07) is 22.1. The summed E-state index contributed by atoms with van der Waals surface area (Å²) < 4.78 is 0. The number of hydrogen-bond acceptors (Lipinski definition) is 5. The van der Waals surface area contributed by atoms with Crippen molar-refractivity contribution in [1.82, 2.24) is 9.97 Å². The van der Waals surface area contributed by atoms with E-state index in [0.29, 0.717) is 22.7 Å². The Kier molecular flexibility index (Phi) is 7.49. The number of rotatable bonds is 7. The molecule has 4 aromatic rings. The Bertz CT molecular complexity index is 1370. The van der Waals surface area contributed by atoms with Gasteiger partial charge in [0.1, 0.15) is 5.82 Å². The average Bonchev–Trinajstić information content (AvgIpc) is 2.90. The zero-order chi connectivity index (χ0) is 24.9. The number of anilines is 2. The Labute approximate surface area is 217 Å². The van der Waals surface area contributed by atoms with Crippen LogP contribution in [0.5, 0.6) is 0 Å². The minimum atomic E-state index is 0.613. The normalized spacial score (nSPS) is 18.1. The zero-order valence-corrected chi connectivity index (χ0v) is 21.1. The van der Waals surface area contributed by atoms with Gasteiger partial charge in [-0.25, -0.2) is 9.97 Å². The standard InChI is InChI=1S/C30H32ClN5/c31-25-12-13-27-28(17-25)35-29(36-30(27)34-19-22-4-1-3-21(15-22)18-32)14-9-20-7-10-23(11-8-20)24-5-2-6-26(33)16-24/h2,5-14,16-17,21-22H,1,3-4,15,18-19,32-33H2,(H,34,35,36). The van der Waals surface area contributed by atoms with E-state index in [1.54, 1.807) is 0 Å². The Hall–Kier alpha value is -3.41. The second kappa shape index (κ2) is 11.1. The van der Waals surface area contributed by atoms with Crippen LogP contribution in [-0.4, -0.2) is 23.1 Å². The number of fused-ring (bicyclic) bond motifs is 1. The van der Waals surface area contributed by atoms with E-state index in [2.05, 4.69) is 35.6 Å². The van der Waals surface area contributed by atoms with E-state index in [0.717, 1.165) is 52.2 Å². The van der Waals surface area contributed by atoms with E-state index >= 15 is 0 Å². The summed E-state index contributed by atoms with van der Waals surface area (Å²) in [5.41, 5.74) is 16.8. The molecule has 1 aliphatic carbocycles. The summed E-state index contributed by atoms with van der Waals surface area (Å²) in [4.78, 5) is 9.61. The molecule has 0 spiro atoms. The molecule has 1 aromatic heterocycles. The van der Waals surface area contributed by atoms with E-state index in [9.17, 15) is 0 Å². The molecule has 0 aliphatic heterocycles. The van der Waals surface area contributed by atoms with Gasteiger partial charge in [-0.15, -0.1) is 0 Å². The number of halogens is 1. The second-order valence-electron chi connectivity index (χ2n) is 9.69. The molecule has 5 nitrogen and oxygen atoms in total. The van der Waals surface area contributed by atoms with Gasteiger partial charge in [-0.2, -0.15) is 0 Å². The van der Waals surface area contributed by atoms with Crippen molar-refractivity contribution in [1.29, 1.82) is 0 Å². The van der Waals surface area contributed by atoms with E-state index in [-0.39, 0.29) is 0 Å². The van der Waals surface area contributed by atoms with E-state index in [4.69, 9.17) is 33.0 Å². The molecular formula is C30H32ClN5. The first-order valence-electron chi connectivity index (χ1n) is 12.6. The Morgan fingerprint density at radius 2 is 1.75 bits per heavy atom. The zero-order valence-electron chi connectivity index (χ0n) is 20.3. The van der Waals surface area contributed by atoms with E-state index in [1.165, 1.54) is 25.7 Å². The first kappa shape index (κ1) is 24.3. The lowest BCUT2D eigenvalue weighted by atomic mass is 9.81. The molecule has 0 radical (unpaired) electrons. The molecule has 3 aromatic carbocycles. The topological polar surface area (TPSA) is 89.8 Å². The summed E-state index contributed by atoms with van der Waals surface area (Å²) >= 11 is 6.28. The largest absolute Gasteiger partial charge is 0.399 e. The lowest BCUT2D eigenvalue weighted by Gasteiger charge is -2.28. The van der Waals surface area contributed by atoms with Gasteiger partial charge in [0.2, 0.25) is 0 Å². The highest BCUT2D eigenvalue weighted by molar-refractivity contribution is 6.31. The van der Waals surface area contributed by atoms with Crippen LogP contribution in [0.3, 0.4) is 0 Å². The van der Waals surface area contributed by atoms with Crippen LogP contribution < -0.4 is 16.8 Å². The molecule has 6 heteroatoms. The number of aromatic nitrogens is 2. The molecule has 1 heterocycles. The maximum Gasteiger partial charge on any atom is 0.154 e. The molecule has 184 valence electrons. The smallest absolute Gasteiger partial charge is 0.154 e. The summed E-state index contributed by atoms with van der Waals surface area (Å²) in [6.45, 7) is 1.67.